The number of para-hydroxylation sites is 1. The van der Waals surface area contributed by atoms with Crippen molar-refractivity contribution in [3.63, 3.8) is 0 Å². The second kappa shape index (κ2) is 4.92. The van der Waals surface area contributed by atoms with Gasteiger partial charge in [0.1, 0.15) is 0 Å². The summed E-state index contributed by atoms with van der Waals surface area (Å²) in [7, 11) is 1.75. The Morgan fingerprint density at radius 2 is 2.28 bits per heavy atom. The zero-order chi connectivity index (χ0) is 13.1. The first kappa shape index (κ1) is 12.2. The fourth-order valence-corrected chi connectivity index (χ4v) is 1.64. The molecule has 0 amide bonds. The summed E-state index contributed by atoms with van der Waals surface area (Å²) in [6.45, 7) is 0.509. The van der Waals surface area contributed by atoms with Crippen molar-refractivity contribution in [1.82, 2.24) is 15.1 Å². The molecule has 0 spiro atoms. The second-order valence-electron chi connectivity index (χ2n) is 3.65. The van der Waals surface area contributed by atoms with Gasteiger partial charge in [-0.1, -0.05) is 6.07 Å². The van der Waals surface area contributed by atoms with Crippen LogP contribution in [0.1, 0.15) is 5.69 Å². The molecule has 0 atom stereocenters. The molecule has 0 saturated carbocycles. The minimum atomic E-state index is -0.677. The molecule has 18 heavy (non-hydrogen) atoms. The van der Waals surface area contributed by atoms with E-state index < -0.39 is 10.7 Å². The molecule has 2 aromatic rings. The predicted octanol–water partition coefficient (Wildman–Crippen LogP) is 1.64. The summed E-state index contributed by atoms with van der Waals surface area (Å²) in [5.74, 6) is -0.677. The Kier molecular flexibility index (Phi) is 3.33. The highest BCUT2D eigenvalue weighted by atomic mass is 19.1. The lowest BCUT2D eigenvalue weighted by atomic mass is 10.2. The number of benzene rings is 1. The van der Waals surface area contributed by atoms with Crippen LogP contribution < -0.4 is 5.32 Å². The number of nitrogens with one attached hydrogen (secondary N) is 1. The van der Waals surface area contributed by atoms with Crippen LogP contribution in [0.2, 0.25) is 0 Å². The van der Waals surface area contributed by atoms with Crippen LogP contribution in [0.15, 0.2) is 30.5 Å². The lowest BCUT2D eigenvalue weighted by Gasteiger charge is -2.04. The Hall–Kier alpha value is -2.28. The molecule has 0 radical (unpaired) electrons. The zero-order valence-electron chi connectivity index (χ0n) is 9.63. The molecule has 94 valence electrons. The van der Waals surface area contributed by atoms with E-state index in [1.54, 1.807) is 13.1 Å². The summed E-state index contributed by atoms with van der Waals surface area (Å²) in [6, 6.07) is 5.39. The van der Waals surface area contributed by atoms with Gasteiger partial charge in [-0.2, -0.15) is 5.10 Å². The molecule has 0 aliphatic heterocycles. The molecular formula is C11H11FN4O2. The van der Waals surface area contributed by atoms with Gasteiger partial charge in [0.05, 0.1) is 10.6 Å². The highest BCUT2D eigenvalue weighted by molar-refractivity contribution is 5.52. The first-order chi connectivity index (χ1) is 8.63. The minimum absolute atomic E-state index is 0.148. The Bertz CT molecular complexity index is 582. The van der Waals surface area contributed by atoms with Gasteiger partial charge in [-0.25, -0.2) is 9.07 Å². The van der Waals surface area contributed by atoms with Crippen LogP contribution in [0.25, 0.3) is 5.69 Å². The number of aromatic nitrogens is 2. The highest BCUT2D eigenvalue weighted by Crippen LogP contribution is 2.24. The summed E-state index contributed by atoms with van der Waals surface area (Å²) >= 11 is 0. The maximum Gasteiger partial charge on any atom is 0.297 e. The van der Waals surface area contributed by atoms with E-state index in [0.29, 0.717) is 12.2 Å². The fourth-order valence-electron chi connectivity index (χ4n) is 1.64. The van der Waals surface area contributed by atoms with Gasteiger partial charge in [0.15, 0.2) is 11.5 Å². The Morgan fingerprint density at radius 3 is 2.94 bits per heavy atom. The summed E-state index contributed by atoms with van der Waals surface area (Å²) in [4.78, 5) is 10.2. The van der Waals surface area contributed by atoms with Gasteiger partial charge in [-0.3, -0.25) is 10.1 Å². The SMILES string of the molecule is CNCc1ccn(-c2c(F)cccc2[N+](=O)[O-])n1. The molecule has 7 heteroatoms. The van der Waals surface area contributed by atoms with Gasteiger partial charge in [-0.15, -0.1) is 0 Å². The van der Waals surface area contributed by atoms with E-state index in [2.05, 4.69) is 10.4 Å². The first-order valence-corrected chi connectivity index (χ1v) is 5.26. The molecule has 0 saturated heterocycles. The molecule has 1 aromatic carbocycles. The number of rotatable bonds is 4. The van der Waals surface area contributed by atoms with Crippen LogP contribution in [0.4, 0.5) is 10.1 Å². The van der Waals surface area contributed by atoms with Crippen molar-refractivity contribution in [1.29, 1.82) is 0 Å². The summed E-state index contributed by atoms with van der Waals surface area (Å²) < 4.78 is 14.9. The maximum absolute atomic E-state index is 13.7. The molecule has 0 unspecified atom stereocenters. The van der Waals surface area contributed by atoms with Crippen molar-refractivity contribution < 1.29 is 9.31 Å². The van der Waals surface area contributed by atoms with Crippen LogP contribution in [0.3, 0.4) is 0 Å². The average molecular weight is 250 g/mol. The van der Waals surface area contributed by atoms with Crippen molar-refractivity contribution in [2.75, 3.05) is 7.05 Å². The monoisotopic (exact) mass is 250 g/mol. The Balaban J connectivity index is 2.51. The van der Waals surface area contributed by atoms with E-state index in [1.165, 1.54) is 29.1 Å². The minimum Gasteiger partial charge on any atom is -0.314 e. The van der Waals surface area contributed by atoms with Crippen molar-refractivity contribution in [2.24, 2.45) is 0 Å². The second-order valence-corrected chi connectivity index (χ2v) is 3.65. The molecule has 6 nitrogen and oxygen atoms in total. The van der Waals surface area contributed by atoms with E-state index in [9.17, 15) is 14.5 Å². The summed E-state index contributed by atoms with van der Waals surface area (Å²) in [5, 5.41) is 17.8. The standard InChI is InChI=1S/C11H11FN4O2/c1-13-7-8-5-6-15(14-8)11-9(12)3-2-4-10(11)16(17)18/h2-6,13H,7H2,1H3. The Labute approximate surface area is 102 Å². The van der Waals surface area contributed by atoms with Gasteiger partial charge in [0.25, 0.3) is 5.69 Å². The third-order valence-corrected chi connectivity index (χ3v) is 2.39. The van der Waals surface area contributed by atoms with Crippen molar-refractivity contribution in [3.8, 4) is 5.69 Å². The number of nitro groups is 1. The van der Waals surface area contributed by atoms with E-state index in [0.717, 1.165) is 0 Å². The van der Waals surface area contributed by atoms with Crippen LogP contribution in [0, 0.1) is 15.9 Å². The topological polar surface area (TPSA) is 73.0 Å². The smallest absolute Gasteiger partial charge is 0.297 e. The van der Waals surface area contributed by atoms with Gasteiger partial charge in [0, 0.05) is 18.8 Å². The highest BCUT2D eigenvalue weighted by Gasteiger charge is 2.20. The molecule has 0 aliphatic rings. The first-order valence-electron chi connectivity index (χ1n) is 5.26. The fraction of sp³-hybridized carbons (Fsp3) is 0.182. The average Bonchev–Trinajstić information content (AvgIpc) is 2.77. The summed E-state index contributed by atoms with van der Waals surface area (Å²) in [5.41, 5.74) is 0.217. The maximum atomic E-state index is 13.7. The lowest BCUT2D eigenvalue weighted by Crippen LogP contribution is -2.08. The van der Waals surface area contributed by atoms with Crippen LogP contribution in [0.5, 0.6) is 0 Å². The van der Waals surface area contributed by atoms with Crippen LogP contribution in [-0.2, 0) is 6.54 Å². The van der Waals surface area contributed by atoms with Gasteiger partial charge >= 0.3 is 0 Å². The molecule has 0 fully saturated rings. The largest absolute Gasteiger partial charge is 0.314 e. The van der Waals surface area contributed by atoms with E-state index in [-0.39, 0.29) is 11.4 Å². The molecule has 1 aromatic heterocycles. The molecular weight excluding hydrogens is 239 g/mol. The van der Waals surface area contributed by atoms with E-state index in [1.807, 2.05) is 0 Å². The van der Waals surface area contributed by atoms with Crippen molar-refractivity contribution in [2.45, 2.75) is 6.54 Å². The number of hydrogen-bond donors (Lipinski definition) is 1. The number of hydrogen-bond acceptors (Lipinski definition) is 4. The van der Waals surface area contributed by atoms with E-state index >= 15 is 0 Å². The zero-order valence-corrected chi connectivity index (χ0v) is 9.63. The predicted molar refractivity (Wildman–Crippen MR) is 62.9 cm³/mol. The molecule has 0 aliphatic carbocycles. The number of nitro benzene ring substituents is 1. The van der Waals surface area contributed by atoms with Crippen LogP contribution >= 0.6 is 0 Å². The normalized spacial score (nSPS) is 10.6. The Morgan fingerprint density at radius 1 is 1.50 bits per heavy atom. The number of nitrogens with zero attached hydrogens (tertiary/aromatic N) is 3. The third-order valence-electron chi connectivity index (χ3n) is 2.39. The molecule has 0 bridgehead atoms. The molecule has 1 heterocycles. The lowest BCUT2D eigenvalue weighted by molar-refractivity contribution is -0.384. The summed E-state index contributed by atoms with van der Waals surface area (Å²) in [6.07, 6.45) is 1.50. The van der Waals surface area contributed by atoms with Crippen LogP contribution in [-0.4, -0.2) is 21.8 Å². The molecule has 2 rings (SSSR count). The van der Waals surface area contributed by atoms with E-state index in [4.69, 9.17) is 0 Å². The molecule has 1 N–H and O–H groups in total. The quantitative estimate of drug-likeness (QED) is 0.661. The van der Waals surface area contributed by atoms with Gasteiger partial charge in [0.2, 0.25) is 0 Å². The number of halogens is 1. The van der Waals surface area contributed by atoms with Crippen molar-refractivity contribution in [3.05, 3.63) is 52.1 Å². The van der Waals surface area contributed by atoms with Gasteiger partial charge in [-0.05, 0) is 19.2 Å². The third kappa shape index (κ3) is 2.21. The van der Waals surface area contributed by atoms with Crippen molar-refractivity contribution >= 4 is 5.69 Å². The van der Waals surface area contributed by atoms with Gasteiger partial charge < -0.3 is 5.32 Å².